The van der Waals surface area contributed by atoms with Crippen LogP contribution in [0.3, 0.4) is 0 Å². The van der Waals surface area contributed by atoms with Crippen molar-refractivity contribution in [3.63, 3.8) is 0 Å². The molecule has 0 aliphatic carbocycles. The van der Waals surface area contributed by atoms with E-state index in [1.54, 1.807) is 0 Å². The number of nitrogens with one attached hydrogen (secondary N) is 1. The van der Waals surface area contributed by atoms with Crippen molar-refractivity contribution in [2.75, 3.05) is 39.3 Å². The van der Waals surface area contributed by atoms with Gasteiger partial charge in [0.15, 0.2) is 0 Å². The van der Waals surface area contributed by atoms with Gasteiger partial charge in [-0.2, -0.15) is 0 Å². The normalized spacial score (nSPS) is 10.2. The van der Waals surface area contributed by atoms with Gasteiger partial charge >= 0.3 is 11.9 Å². The fourth-order valence-corrected chi connectivity index (χ4v) is 2.97. The minimum atomic E-state index is -1.82. The molecule has 0 saturated carbocycles. The lowest BCUT2D eigenvalue weighted by Gasteiger charge is -2.26. The number of hydrogen-bond donors (Lipinski definition) is 3. The van der Waals surface area contributed by atoms with Crippen LogP contribution in [0, 0.1) is 10.1 Å². The summed E-state index contributed by atoms with van der Waals surface area (Å²) in [5, 5.41) is 28.5. The number of benzene rings is 1. The van der Waals surface area contributed by atoms with E-state index in [2.05, 4.69) is 31.0 Å². The van der Waals surface area contributed by atoms with Gasteiger partial charge in [0.05, 0.1) is 11.5 Å². The van der Waals surface area contributed by atoms with Gasteiger partial charge in [0, 0.05) is 37.3 Å². The predicted molar refractivity (Wildman–Crippen MR) is 129 cm³/mol. The molecule has 0 aliphatic rings. The monoisotopic (exact) mass is 496 g/mol. The summed E-state index contributed by atoms with van der Waals surface area (Å²) in [6.07, 6.45) is 4.28. The fraction of sp³-hybridized carbons (Fsp3) is 0.565. The van der Waals surface area contributed by atoms with Crippen LogP contribution >= 0.6 is 0 Å². The Bertz CT molecular complexity index is 813. The summed E-state index contributed by atoms with van der Waals surface area (Å²) in [6, 6.07) is 5.49. The Morgan fingerprint density at radius 3 is 1.94 bits per heavy atom. The van der Waals surface area contributed by atoms with Crippen LogP contribution < -0.4 is 5.32 Å². The van der Waals surface area contributed by atoms with Gasteiger partial charge in [-0.25, -0.2) is 9.59 Å². The molecule has 35 heavy (non-hydrogen) atoms. The van der Waals surface area contributed by atoms with Crippen LogP contribution in [0.5, 0.6) is 0 Å². The summed E-state index contributed by atoms with van der Waals surface area (Å²) < 4.78 is 0. The van der Waals surface area contributed by atoms with Crippen molar-refractivity contribution in [2.45, 2.75) is 46.5 Å². The Kier molecular flexibility index (Phi) is 16.1. The standard InChI is InChI=1S/C21H34N4O4.C2H2O4/c1-4-7-8-9-14-22-20(26)17-24(16-15-23(5-2)6-3)21(27)18-10-12-19(13-11-18)25(28)29;3-1(4)2(5)6/h10-13H,4-9,14-17H2,1-3H3,(H,22,26);(H,3,4)(H,5,6). The number of carboxylic acids is 2. The largest absolute Gasteiger partial charge is 0.473 e. The van der Waals surface area contributed by atoms with Crippen molar-refractivity contribution in [3.05, 3.63) is 39.9 Å². The number of carbonyl (C=O) groups is 4. The van der Waals surface area contributed by atoms with Crippen LogP contribution in [0.4, 0.5) is 5.69 Å². The molecule has 0 aromatic heterocycles. The highest BCUT2D eigenvalue weighted by atomic mass is 16.6. The Balaban J connectivity index is 0.00000170. The molecule has 1 rings (SSSR count). The molecule has 0 radical (unpaired) electrons. The lowest BCUT2D eigenvalue weighted by atomic mass is 10.1. The highest BCUT2D eigenvalue weighted by molar-refractivity contribution is 6.27. The molecule has 2 amide bonds. The second-order valence-corrected chi connectivity index (χ2v) is 7.58. The molecular weight excluding hydrogens is 460 g/mol. The Labute approximate surface area is 205 Å². The number of nitro benzene ring substituents is 1. The van der Waals surface area contributed by atoms with Crippen LogP contribution in [0.25, 0.3) is 0 Å². The predicted octanol–water partition coefficient (Wildman–Crippen LogP) is 2.23. The number of rotatable bonds is 14. The van der Waals surface area contributed by atoms with E-state index in [1.807, 2.05) is 0 Å². The third-order valence-electron chi connectivity index (χ3n) is 5.06. The second-order valence-electron chi connectivity index (χ2n) is 7.58. The van der Waals surface area contributed by atoms with Crippen molar-refractivity contribution in [1.82, 2.24) is 15.1 Å². The van der Waals surface area contributed by atoms with Crippen molar-refractivity contribution < 1.29 is 34.3 Å². The maximum Gasteiger partial charge on any atom is 0.414 e. The molecule has 0 heterocycles. The molecule has 0 saturated heterocycles. The molecule has 0 unspecified atom stereocenters. The highest BCUT2D eigenvalue weighted by Crippen LogP contribution is 2.13. The number of non-ortho nitro benzene ring substituents is 1. The summed E-state index contributed by atoms with van der Waals surface area (Å²) in [5.74, 6) is -4.13. The molecule has 3 N–H and O–H groups in total. The number of hydrogen-bond acceptors (Lipinski definition) is 7. The number of nitro groups is 1. The Morgan fingerprint density at radius 2 is 1.49 bits per heavy atom. The Hall–Kier alpha value is -3.54. The van der Waals surface area contributed by atoms with Gasteiger partial charge < -0.3 is 25.3 Å². The molecular formula is C23H36N4O8. The van der Waals surface area contributed by atoms with Gasteiger partial charge in [0.25, 0.3) is 11.6 Å². The molecule has 12 nitrogen and oxygen atoms in total. The zero-order chi connectivity index (χ0) is 26.8. The SMILES string of the molecule is CCCCCCNC(=O)CN(CCN(CC)CC)C(=O)c1ccc([N+](=O)[O-])cc1.O=C(O)C(=O)O. The van der Waals surface area contributed by atoms with Crippen LogP contribution in [0.15, 0.2) is 24.3 Å². The van der Waals surface area contributed by atoms with Crippen molar-refractivity contribution in [2.24, 2.45) is 0 Å². The zero-order valence-corrected chi connectivity index (χ0v) is 20.6. The molecule has 0 spiro atoms. The molecule has 0 bridgehead atoms. The number of carbonyl (C=O) groups excluding carboxylic acids is 2. The number of nitrogens with zero attached hydrogens (tertiary/aromatic N) is 3. The molecule has 1 aromatic carbocycles. The first-order valence-electron chi connectivity index (χ1n) is 11.6. The molecule has 1 aromatic rings. The highest BCUT2D eigenvalue weighted by Gasteiger charge is 2.20. The van der Waals surface area contributed by atoms with E-state index in [9.17, 15) is 19.7 Å². The van der Waals surface area contributed by atoms with E-state index in [0.29, 0.717) is 25.2 Å². The lowest BCUT2D eigenvalue weighted by Crippen LogP contribution is -2.44. The van der Waals surface area contributed by atoms with E-state index in [0.717, 1.165) is 38.8 Å². The first kappa shape index (κ1) is 31.5. The zero-order valence-electron chi connectivity index (χ0n) is 20.6. The number of carboxylic acid groups (broad SMARTS) is 2. The third kappa shape index (κ3) is 13.7. The maximum atomic E-state index is 12.9. The van der Waals surface area contributed by atoms with Crippen molar-refractivity contribution >= 4 is 29.4 Å². The molecule has 0 atom stereocenters. The smallest absolute Gasteiger partial charge is 0.414 e. The summed E-state index contributed by atoms with van der Waals surface area (Å²) in [7, 11) is 0. The van der Waals surface area contributed by atoms with Gasteiger partial charge in [-0.05, 0) is 31.6 Å². The van der Waals surface area contributed by atoms with E-state index in [4.69, 9.17) is 19.8 Å². The summed E-state index contributed by atoms with van der Waals surface area (Å²) in [5.41, 5.74) is 0.270. The van der Waals surface area contributed by atoms with Crippen LogP contribution in [-0.4, -0.2) is 88.0 Å². The van der Waals surface area contributed by atoms with Crippen molar-refractivity contribution in [3.8, 4) is 0 Å². The average Bonchev–Trinajstić information content (AvgIpc) is 2.83. The summed E-state index contributed by atoms with van der Waals surface area (Å²) in [4.78, 5) is 57.5. The minimum absolute atomic E-state index is 0.0229. The fourth-order valence-electron chi connectivity index (χ4n) is 2.97. The summed E-state index contributed by atoms with van der Waals surface area (Å²) >= 11 is 0. The molecule has 196 valence electrons. The average molecular weight is 497 g/mol. The van der Waals surface area contributed by atoms with Gasteiger partial charge in [-0.15, -0.1) is 0 Å². The van der Waals surface area contributed by atoms with Gasteiger partial charge in [0.2, 0.25) is 5.91 Å². The van der Waals surface area contributed by atoms with Gasteiger partial charge in [-0.1, -0.05) is 40.0 Å². The topological polar surface area (TPSA) is 170 Å². The van der Waals surface area contributed by atoms with E-state index in [1.165, 1.54) is 29.2 Å². The number of amides is 2. The number of aliphatic carboxylic acids is 2. The van der Waals surface area contributed by atoms with Crippen molar-refractivity contribution in [1.29, 1.82) is 0 Å². The Morgan fingerprint density at radius 1 is 0.914 bits per heavy atom. The first-order chi connectivity index (χ1) is 16.6. The quantitative estimate of drug-likeness (QED) is 0.151. The minimum Gasteiger partial charge on any atom is -0.473 e. The molecule has 12 heteroatoms. The second kappa shape index (κ2) is 17.9. The van der Waals surface area contributed by atoms with Crippen LogP contribution in [0.2, 0.25) is 0 Å². The number of unbranched alkanes of at least 4 members (excludes halogenated alkanes) is 3. The molecule has 0 aliphatic heterocycles. The first-order valence-corrected chi connectivity index (χ1v) is 11.6. The molecule has 0 fully saturated rings. The van der Waals surface area contributed by atoms with Crippen LogP contribution in [0.1, 0.15) is 56.8 Å². The number of likely N-dealkylation sites (N-methyl/N-ethyl adjacent to an activating group) is 1. The van der Waals surface area contributed by atoms with Gasteiger partial charge in [0.1, 0.15) is 0 Å². The van der Waals surface area contributed by atoms with Gasteiger partial charge in [-0.3, -0.25) is 19.7 Å². The lowest BCUT2D eigenvalue weighted by molar-refractivity contribution is -0.384. The van der Waals surface area contributed by atoms with E-state index < -0.39 is 16.9 Å². The van der Waals surface area contributed by atoms with E-state index in [-0.39, 0.29) is 24.0 Å². The van der Waals surface area contributed by atoms with Crippen LogP contribution in [-0.2, 0) is 14.4 Å². The summed E-state index contributed by atoms with van der Waals surface area (Å²) in [6.45, 7) is 9.62. The maximum absolute atomic E-state index is 12.9. The third-order valence-corrected chi connectivity index (χ3v) is 5.06. The van der Waals surface area contributed by atoms with E-state index >= 15 is 0 Å².